The van der Waals surface area contributed by atoms with Gasteiger partial charge >= 0.3 is 0 Å². The van der Waals surface area contributed by atoms with Crippen molar-refractivity contribution in [2.24, 2.45) is 0 Å². The Morgan fingerprint density at radius 2 is 2.08 bits per heavy atom. The van der Waals surface area contributed by atoms with E-state index in [1.54, 1.807) is 12.0 Å². The van der Waals surface area contributed by atoms with Crippen LogP contribution in [0.1, 0.15) is 18.9 Å². The highest BCUT2D eigenvalue weighted by Gasteiger charge is 2.24. The number of methoxy groups -OCH3 is 1. The molecule has 5 heteroatoms. The Kier molecular flexibility index (Phi) is 4.89. The lowest BCUT2D eigenvalue weighted by atomic mass is 10.1. The number of hydrogen-bond donors (Lipinski definition) is 1. The molecule has 24 heavy (non-hydrogen) atoms. The molecule has 0 aliphatic carbocycles. The topological polar surface area (TPSA) is 50.8 Å². The summed E-state index contributed by atoms with van der Waals surface area (Å²) in [6.07, 6.45) is 0.916. The number of carbonyl (C=O) groups excluding carboxylic acids is 1. The minimum absolute atomic E-state index is 0.0130. The van der Waals surface area contributed by atoms with Crippen molar-refractivity contribution in [3.8, 4) is 11.5 Å². The first-order chi connectivity index (χ1) is 11.7. The molecular formula is C19H22N2O3. The number of hydrogen-bond acceptors (Lipinski definition) is 4. The molecule has 0 aromatic heterocycles. The molecule has 126 valence electrons. The number of anilines is 2. The third-order valence-electron chi connectivity index (χ3n) is 4.03. The number of benzene rings is 2. The van der Waals surface area contributed by atoms with Crippen molar-refractivity contribution >= 4 is 17.3 Å². The standard InChI is InChI=1S/C19H22N2O3/c1-3-10-21-16-9-8-15(11-18(16)24-13-19(21)22)20-12-14-6-4-5-7-17(14)23-2/h4-9,11,20H,3,10,12-13H2,1-2H3. The zero-order valence-electron chi connectivity index (χ0n) is 14.0. The number of amides is 1. The molecular weight excluding hydrogens is 304 g/mol. The number of carbonyl (C=O) groups is 1. The molecule has 0 fully saturated rings. The number of nitrogens with one attached hydrogen (secondary N) is 1. The van der Waals surface area contributed by atoms with Gasteiger partial charge in [-0.25, -0.2) is 0 Å². The summed E-state index contributed by atoms with van der Waals surface area (Å²) in [6.45, 7) is 3.53. The summed E-state index contributed by atoms with van der Waals surface area (Å²) in [7, 11) is 1.67. The predicted octanol–water partition coefficient (Wildman–Crippen LogP) is 3.44. The van der Waals surface area contributed by atoms with Gasteiger partial charge in [0.2, 0.25) is 0 Å². The van der Waals surface area contributed by atoms with Gasteiger partial charge in [-0.1, -0.05) is 25.1 Å². The van der Waals surface area contributed by atoms with Crippen molar-refractivity contribution < 1.29 is 14.3 Å². The number of nitrogens with zero attached hydrogens (tertiary/aromatic N) is 1. The summed E-state index contributed by atoms with van der Waals surface area (Å²) in [5, 5.41) is 3.38. The van der Waals surface area contributed by atoms with E-state index in [1.807, 2.05) is 42.5 Å². The Morgan fingerprint density at radius 3 is 2.88 bits per heavy atom. The molecule has 3 rings (SSSR count). The van der Waals surface area contributed by atoms with E-state index in [0.717, 1.165) is 34.9 Å². The van der Waals surface area contributed by atoms with Gasteiger partial charge in [-0.15, -0.1) is 0 Å². The quantitative estimate of drug-likeness (QED) is 0.883. The van der Waals surface area contributed by atoms with Crippen LogP contribution in [0.2, 0.25) is 0 Å². The van der Waals surface area contributed by atoms with Gasteiger partial charge in [-0.2, -0.15) is 0 Å². The van der Waals surface area contributed by atoms with Gasteiger partial charge in [0.05, 0.1) is 12.8 Å². The normalized spacial score (nSPS) is 13.2. The third-order valence-corrected chi connectivity index (χ3v) is 4.03. The van der Waals surface area contributed by atoms with Crippen molar-refractivity contribution in [2.45, 2.75) is 19.9 Å². The van der Waals surface area contributed by atoms with E-state index < -0.39 is 0 Å². The number of ether oxygens (including phenoxy) is 2. The van der Waals surface area contributed by atoms with Gasteiger partial charge in [-0.05, 0) is 24.6 Å². The van der Waals surface area contributed by atoms with E-state index in [4.69, 9.17) is 9.47 Å². The number of rotatable bonds is 6. The van der Waals surface area contributed by atoms with Crippen LogP contribution in [0.4, 0.5) is 11.4 Å². The van der Waals surface area contributed by atoms with Gasteiger partial charge in [0.15, 0.2) is 6.61 Å². The van der Waals surface area contributed by atoms with E-state index in [1.165, 1.54) is 0 Å². The number of fused-ring (bicyclic) bond motifs is 1. The lowest BCUT2D eigenvalue weighted by molar-refractivity contribution is -0.121. The van der Waals surface area contributed by atoms with Gasteiger partial charge in [0.1, 0.15) is 11.5 Å². The Bertz CT molecular complexity index is 730. The fourth-order valence-corrected chi connectivity index (χ4v) is 2.83. The zero-order chi connectivity index (χ0) is 16.9. The fraction of sp³-hybridized carbons (Fsp3) is 0.316. The lowest BCUT2D eigenvalue weighted by Gasteiger charge is -2.29. The van der Waals surface area contributed by atoms with E-state index in [0.29, 0.717) is 13.1 Å². The Morgan fingerprint density at radius 1 is 1.25 bits per heavy atom. The zero-order valence-corrected chi connectivity index (χ0v) is 14.0. The summed E-state index contributed by atoms with van der Waals surface area (Å²) in [5.41, 5.74) is 2.88. The maximum atomic E-state index is 12.0. The third kappa shape index (κ3) is 3.30. The van der Waals surface area contributed by atoms with Gasteiger partial charge in [0, 0.05) is 30.4 Å². The molecule has 0 bridgehead atoms. The maximum Gasteiger partial charge on any atom is 0.265 e. The van der Waals surface area contributed by atoms with Crippen LogP contribution in [0, 0.1) is 0 Å². The molecule has 5 nitrogen and oxygen atoms in total. The Labute approximate surface area is 142 Å². The highest BCUT2D eigenvalue weighted by molar-refractivity contribution is 5.98. The van der Waals surface area contributed by atoms with Crippen molar-refractivity contribution in [3.63, 3.8) is 0 Å². The summed E-state index contributed by atoms with van der Waals surface area (Å²) in [5.74, 6) is 1.62. The molecule has 0 unspecified atom stereocenters. The highest BCUT2D eigenvalue weighted by Crippen LogP contribution is 2.34. The van der Waals surface area contributed by atoms with Crippen LogP contribution < -0.4 is 19.7 Å². The summed E-state index contributed by atoms with van der Waals surface area (Å²) in [4.78, 5) is 13.8. The first kappa shape index (κ1) is 16.2. The minimum Gasteiger partial charge on any atom is -0.496 e. The summed E-state index contributed by atoms with van der Waals surface area (Å²) in [6, 6.07) is 13.8. The van der Waals surface area contributed by atoms with Crippen LogP contribution >= 0.6 is 0 Å². The lowest BCUT2D eigenvalue weighted by Crippen LogP contribution is -2.39. The molecule has 0 radical (unpaired) electrons. The van der Waals surface area contributed by atoms with Crippen molar-refractivity contribution in [2.75, 3.05) is 30.5 Å². The fourth-order valence-electron chi connectivity index (χ4n) is 2.83. The molecule has 0 atom stereocenters. The van der Waals surface area contributed by atoms with Crippen molar-refractivity contribution in [1.82, 2.24) is 0 Å². The van der Waals surface area contributed by atoms with Crippen LogP contribution in [0.5, 0.6) is 11.5 Å². The molecule has 0 saturated heterocycles. The predicted molar refractivity (Wildman–Crippen MR) is 94.9 cm³/mol. The smallest absolute Gasteiger partial charge is 0.265 e. The second-order valence-corrected chi connectivity index (χ2v) is 5.68. The molecule has 1 aliphatic rings. The highest BCUT2D eigenvalue weighted by atomic mass is 16.5. The first-order valence-corrected chi connectivity index (χ1v) is 8.16. The second kappa shape index (κ2) is 7.25. The van der Waals surface area contributed by atoms with Crippen LogP contribution in [-0.4, -0.2) is 26.2 Å². The Balaban J connectivity index is 1.76. The summed E-state index contributed by atoms with van der Waals surface area (Å²) < 4.78 is 11.0. The molecule has 1 N–H and O–H groups in total. The average molecular weight is 326 g/mol. The Hall–Kier alpha value is -2.69. The SMILES string of the molecule is CCCN1C(=O)COc2cc(NCc3ccccc3OC)ccc21. The van der Waals surface area contributed by atoms with Gasteiger partial charge < -0.3 is 19.7 Å². The van der Waals surface area contributed by atoms with Gasteiger partial charge in [-0.3, -0.25) is 4.79 Å². The first-order valence-electron chi connectivity index (χ1n) is 8.16. The molecule has 0 spiro atoms. The molecule has 0 saturated carbocycles. The largest absolute Gasteiger partial charge is 0.496 e. The second-order valence-electron chi connectivity index (χ2n) is 5.68. The van der Waals surface area contributed by atoms with Gasteiger partial charge in [0.25, 0.3) is 5.91 Å². The molecule has 1 aliphatic heterocycles. The summed E-state index contributed by atoms with van der Waals surface area (Å²) >= 11 is 0. The molecule has 1 amide bonds. The maximum absolute atomic E-state index is 12.0. The average Bonchev–Trinajstić information content (AvgIpc) is 2.62. The molecule has 2 aromatic rings. The van der Waals surface area contributed by atoms with Crippen molar-refractivity contribution in [1.29, 1.82) is 0 Å². The van der Waals surface area contributed by atoms with E-state index in [9.17, 15) is 4.79 Å². The van der Waals surface area contributed by atoms with Crippen molar-refractivity contribution in [3.05, 3.63) is 48.0 Å². The monoisotopic (exact) mass is 326 g/mol. The van der Waals surface area contributed by atoms with E-state index >= 15 is 0 Å². The van der Waals surface area contributed by atoms with Crippen LogP contribution in [0.3, 0.4) is 0 Å². The van der Waals surface area contributed by atoms with E-state index in [2.05, 4.69) is 12.2 Å². The van der Waals surface area contributed by atoms with Crippen LogP contribution in [0.25, 0.3) is 0 Å². The van der Waals surface area contributed by atoms with E-state index in [-0.39, 0.29) is 12.5 Å². The van der Waals surface area contributed by atoms with Crippen LogP contribution in [0.15, 0.2) is 42.5 Å². The molecule has 1 heterocycles. The van der Waals surface area contributed by atoms with Crippen LogP contribution in [-0.2, 0) is 11.3 Å². The molecule has 2 aromatic carbocycles. The minimum atomic E-state index is 0.0130. The number of para-hydroxylation sites is 1.